The van der Waals surface area contributed by atoms with Gasteiger partial charge in [-0.05, 0) is 38.8 Å². The van der Waals surface area contributed by atoms with Gasteiger partial charge in [0.1, 0.15) is 11.5 Å². The normalized spacial score (nSPS) is 16.7. The average molecular weight is 553 g/mol. The van der Waals surface area contributed by atoms with E-state index in [0.29, 0.717) is 17.8 Å². The summed E-state index contributed by atoms with van der Waals surface area (Å²) >= 11 is 7.20. The Morgan fingerprint density at radius 3 is 2.56 bits per heavy atom. The molecule has 1 fully saturated rings. The van der Waals surface area contributed by atoms with E-state index in [-0.39, 0.29) is 38.8 Å². The van der Waals surface area contributed by atoms with Crippen LogP contribution in [0.1, 0.15) is 32.4 Å². The van der Waals surface area contributed by atoms with Gasteiger partial charge in [-0.15, -0.1) is 11.8 Å². The fraction of sp³-hybridized carbons (Fsp3) is 0.522. The molecule has 7 nitrogen and oxygen atoms in total. The first-order chi connectivity index (χ1) is 16.7. The Balaban J connectivity index is 1.83. The van der Waals surface area contributed by atoms with Gasteiger partial charge in [0.2, 0.25) is 0 Å². The molecule has 0 N–H and O–H groups in total. The van der Waals surface area contributed by atoms with E-state index in [4.69, 9.17) is 21.1 Å². The first kappa shape index (κ1) is 28.3. The quantitative estimate of drug-likeness (QED) is 0.287. The molecule has 1 aromatic heterocycles. The minimum atomic E-state index is -4.95. The number of thioether (sulfide) groups is 1. The number of hydrogen-bond donors (Lipinski definition) is 0. The Bertz CT molecular complexity index is 1250. The van der Waals surface area contributed by atoms with Crippen LogP contribution in [0.3, 0.4) is 0 Å². The van der Waals surface area contributed by atoms with Crippen LogP contribution in [0, 0.1) is 17.2 Å². The van der Waals surface area contributed by atoms with Gasteiger partial charge in [0.15, 0.2) is 0 Å². The van der Waals surface area contributed by atoms with Crippen LogP contribution in [-0.4, -0.2) is 40.7 Å². The molecule has 2 aromatic rings. The van der Waals surface area contributed by atoms with E-state index in [1.807, 2.05) is 0 Å². The summed E-state index contributed by atoms with van der Waals surface area (Å²) in [7, 11) is 0.832. The van der Waals surface area contributed by atoms with Crippen LogP contribution in [0.25, 0.3) is 5.69 Å². The Labute approximate surface area is 213 Å². The highest BCUT2D eigenvalue weighted by Gasteiger charge is 2.35. The van der Waals surface area contributed by atoms with Crippen molar-refractivity contribution in [2.75, 3.05) is 25.6 Å². The van der Waals surface area contributed by atoms with Gasteiger partial charge in [-0.2, -0.15) is 13.2 Å². The Kier molecular flexibility index (Phi) is 8.62. The van der Waals surface area contributed by atoms with Gasteiger partial charge in [-0.3, -0.25) is 14.2 Å². The highest BCUT2D eigenvalue weighted by Crippen LogP contribution is 2.35. The Morgan fingerprint density at radius 2 is 1.94 bits per heavy atom. The number of nitrogens with zero attached hydrogens (tertiary/aromatic N) is 2. The molecular weight excluding hydrogens is 528 g/mol. The maximum absolute atomic E-state index is 14.7. The largest absolute Gasteiger partial charge is 0.465 e. The molecule has 1 atom stereocenters. The minimum Gasteiger partial charge on any atom is -0.465 e. The number of aromatic nitrogens is 2. The van der Waals surface area contributed by atoms with E-state index >= 15 is 0 Å². The lowest BCUT2D eigenvalue weighted by atomic mass is 9.96. The fourth-order valence-corrected chi connectivity index (χ4v) is 4.90. The number of rotatable bonds is 7. The number of carbonyl (C=O) groups excluding carboxylic acids is 1. The molecule has 2 heterocycles. The molecule has 0 saturated carbocycles. The van der Waals surface area contributed by atoms with Crippen molar-refractivity contribution in [2.45, 2.75) is 37.8 Å². The van der Waals surface area contributed by atoms with Crippen LogP contribution in [-0.2, 0) is 27.5 Å². The SMILES string of the molecule is Cn1c(C(F)(F)F)cc(=O)n(-c2cc(SCC(C)(C)C(=O)OCC3CCCOC3)c(Cl)cc2F)c1=O. The van der Waals surface area contributed by atoms with E-state index in [9.17, 15) is 31.9 Å². The lowest BCUT2D eigenvalue weighted by molar-refractivity contribution is -0.155. The van der Waals surface area contributed by atoms with Crippen LogP contribution in [0.15, 0.2) is 32.7 Å². The van der Waals surface area contributed by atoms with Crippen LogP contribution < -0.4 is 11.2 Å². The number of alkyl halides is 3. The number of ether oxygens (including phenoxy) is 2. The zero-order valence-electron chi connectivity index (χ0n) is 19.8. The summed E-state index contributed by atoms with van der Waals surface area (Å²) in [5, 5.41) is -0.0541. The third kappa shape index (κ3) is 6.33. The van der Waals surface area contributed by atoms with Gasteiger partial charge >= 0.3 is 17.8 Å². The standard InChI is InChI=1S/C23H25ClF4N2O5S/c1-22(2,20(32)35-11-13-5-4-6-34-10-13)12-36-17-8-16(15(25)7-14(17)24)30-19(31)9-18(23(26,27)28)29(3)21(30)33/h7-9,13H,4-6,10-12H2,1-3H3. The summed E-state index contributed by atoms with van der Waals surface area (Å²) in [5.74, 6) is -1.24. The van der Waals surface area contributed by atoms with Gasteiger partial charge in [0.25, 0.3) is 5.56 Å². The summed E-state index contributed by atoms with van der Waals surface area (Å²) in [6.45, 7) is 4.77. The molecule has 1 saturated heterocycles. The maximum atomic E-state index is 14.7. The second kappa shape index (κ2) is 11.0. The van der Waals surface area contributed by atoms with Crippen molar-refractivity contribution in [3.63, 3.8) is 0 Å². The highest BCUT2D eigenvalue weighted by molar-refractivity contribution is 7.99. The summed E-state index contributed by atoms with van der Waals surface area (Å²) in [6.07, 6.45) is -3.15. The minimum absolute atomic E-state index is 0.0541. The average Bonchev–Trinajstić information content (AvgIpc) is 2.80. The van der Waals surface area contributed by atoms with Gasteiger partial charge < -0.3 is 9.47 Å². The lowest BCUT2D eigenvalue weighted by Crippen LogP contribution is -2.41. The number of esters is 1. The molecule has 36 heavy (non-hydrogen) atoms. The van der Waals surface area contributed by atoms with Crippen molar-refractivity contribution < 1.29 is 31.8 Å². The number of carbonyl (C=O) groups is 1. The first-order valence-electron chi connectivity index (χ1n) is 11.0. The van der Waals surface area contributed by atoms with Crippen LogP contribution in [0.4, 0.5) is 17.6 Å². The van der Waals surface area contributed by atoms with E-state index in [0.717, 1.165) is 43.8 Å². The molecule has 198 valence electrons. The third-order valence-corrected chi connectivity index (χ3v) is 7.64. The molecule has 0 aliphatic carbocycles. The molecule has 3 rings (SSSR count). The zero-order valence-corrected chi connectivity index (χ0v) is 21.4. The first-order valence-corrected chi connectivity index (χ1v) is 12.4. The summed E-state index contributed by atoms with van der Waals surface area (Å²) in [6, 6.07) is 2.18. The number of hydrogen-bond acceptors (Lipinski definition) is 6. The zero-order chi connectivity index (χ0) is 26.8. The molecule has 1 aromatic carbocycles. The van der Waals surface area contributed by atoms with E-state index < -0.39 is 46.0 Å². The predicted molar refractivity (Wildman–Crippen MR) is 126 cm³/mol. The van der Waals surface area contributed by atoms with Gasteiger partial charge in [0.05, 0.1) is 29.3 Å². The van der Waals surface area contributed by atoms with Crippen molar-refractivity contribution >= 4 is 29.3 Å². The van der Waals surface area contributed by atoms with E-state index in [2.05, 4.69) is 0 Å². The Morgan fingerprint density at radius 1 is 1.25 bits per heavy atom. The van der Waals surface area contributed by atoms with Crippen molar-refractivity contribution in [3.8, 4) is 5.69 Å². The molecule has 0 amide bonds. The molecule has 13 heteroatoms. The topological polar surface area (TPSA) is 79.5 Å². The predicted octanol–water partition coefficient (Wildman–Crippen LogP) is 4.44. The summed E-state index contributed by atoms with van der Waals surface area (Å²) < 4.78 is 65.5. The van der Waals surface area contributed by atoms with E-state index in [1.165, 1.54) is 0 Å². The fourth-order valence-electron chi connectivity index (χ4n) is 3.56. The second-order valence-electron chi connectivity index (χ2n) is 9.13. The molecular formula is C23H25ClF4N2O5S. The third-order valence-electron chi connectivity index (χ3n) is 5.70. The van der Waals surface area contributed by atoms with Crippen molar-refractivity contribution in [2.24, 2.45) is 18.4 Å². The second-order valence-corrected chi connectivity index (χ2v) is 10.6. The van der Waals surface area contributed by atoms with Crippen LogP contribution >= 0.6 is 23.4 Å². The molecule has 0 bridgehead atoms. The smallest absolute Gasteiger partial charge is 0.431 e. The van der Waals surface area contributed by atoms with Crippen molar-refractivity contribution in [1.29, 1.82) is 0 Å². The molecule has 0 radical (unpaired) electrons. The molecule has 0 spiro atoms. The maximum Gasteiger partial charge on any atom is 0.431 e. The van der Waals surface area contributed by atoms with Crippen molar-refractivity contribution in [1.82, 2.24) is 9.13 Å². The summed E-state index contributed by atoms with van der Waals surface area (Å²) in [5.41, 5.74) is -5.71. The number of benzene rings is 1. The Hall–Kier alpha value is -2.31. The highest BCUT2D eigenvalue weighted by atomic mass is 35.5. The molecule has 1 aliphatic rings. The van der Waals surface area contributed by atoms with Gasteiger partial charge in [-0.1, -0.05) is 11.6 Å². The van der Waals surface area contributed by atoms with Crippen molar-refractivity contribution in [3.05, 3.63) is 55.6 Å². The lowest BCUT2D eigenvalue weighted by Gasteiger charge is -2.26. The molecule has 1 unspecified atom stereocenters. The van der Waals surface area contributed by atoms with Crippen LogP contribution in [0.5, 0.6) is 0 Å². The monoisotopic (exact) mass is 552 g/mol. The van der Waals surface area contributed by atoms with Crippen LogP contribution in [0.2, 0.25) is 5.02 Å². The molecule has 1 aliphatic heterocycles. The summed E-state index contributed by atoms with van der Waals surface area (Å²) in [4.78, 5) is 37.8. The van der Waals surface area contributed by atoms with Gasteiger partial charge in [0, 0.05) is 36.3 Å². The number of halogens is 5. The van der Waals surface area contributed by atoms with Gasteiger partial charge in [-0.25, -0.2) is 13.8 Å². The van der Waals surface area contributed by atoms with E-state index in [1.54, 1.807) is 13.8 Å².